The van der Waals surface area contributed by atoms with Crippen LogP contribution in [0, 0.1) is 0 Å². The Bertz CT molecular complexity index is 119. The number of ether oxygens (including phenoxy) is 1. The average molecular weight is 172 g/mol. The predicted molar refractivity (Wildman–Crippen MR) is 50.4 cm³/mol. The zero-order valence-electron chi connectivity index (χ0n) is 8.18. The third kappa shape index (κ3) is 3.09. The van der Waals surface area contributed by atoms with Gasteiger partial charge in [0, 0.05) is 38.8 Å². The van der Waals surface area contributed by atoms with Gasteiger partial charge in [-0.15, -0.1) is 0 Å². The van der Waals surface area contributed by atoms with E-state index in [0.717, 1.165) is 39.4 Å². The van der Waals surface area contributed by atoms with Crippen LogP contribution in [0.2, 0.25) is 0 Å². The van der Waals surface area contributed by atoms with Crippen LogP contribution in [-0.4, -0.2) is 50.3 Å². The minimum Gasteiger partial charge on any atom is -0.380 e. The van der Waals surface area contributed by atoms with Crippen LogP contribution in [0.4, 0.5) is 0 Å². The number of hydrogen-bond donors (Lipinski definition) is 1. The summed E-state index contributed by atoms with van der Waals surface area (Å²) in [6, 6.07) is 0.666. The molecular formula is C9H20N2O. The normalized spacial score (nSPS) is 26.0. The maximum atomic E-state index is 5.32. The van der Waals surface area contributed by atoms with Crippen LogP contribution in [0.5, 0.6) is 0 Å². The highest BCUT2D eigenvalue weighted by Gasteiger charge is 2.16. The van der Waals surface area contributed by atoms with Crippen molar-refractivity contribution in [1.29, 1.82) is 0 Å². The van der Waals surface area contributed by atoms with Gasteiger partial charge in [0.05, 0.1) is 6.61 Å². The highest BCUT2D eigenvalue weighted by atomic mass is 16.5. The predicted octanol–water partition coefficient (Wildman–Crippen LogP) is 0.317. The van der Waals surface area contributed by atoms with E-state index in [1.54, 1.807) is 0 Å². The van der Waals surface area contributed by atoms with Crippen molar-refractivity contribution in [2.75, 3.05) is 39.4 Å². The number of rotatable bonds is 4. The Morgan fingerprint density at radius 3 is 3.08 bits per heavy atom. The van der Waals surface area contributed by atoms with Crippen LogP contribution in [0.3, 0.4) is 0 Å². The van der Waals surface area contributed by atoms with Crippen LogP contribution in [-0.2, 0) is 4.74 Å². The first-order valence-electron chi connectivity index (χ1n) is 4.87. The van der Waals surface area contributed by atoms with Gasteiger partial charge in [-0.05, 0) is 13.8 Å². The summed E-state index contributed by atoms with van der Waals surface area (Å²) >= 11 is 0. The van der Waals surface area contributed by atoms with E-state index >= 15 is 0 Å². The van der Waals surface area contributed by atoms with Gasteiger partial charge in [-0.3, -0.25) is 4.90 Å². The number of nitrogens with zero attached hydrogens (tertiary/aromatic N) is 1. The molecule has 1 aliphatic heterocycles. The molecule has 0 aromatic carbocycles. The van der Waals surface area contributed by atoms with Gasteiger partial charge in [-0.2, -0.15) is 0 Å². The van der Waals surface area contributed by atoms with Crippen LogP contribution in [0.1, 0.15) is 13.8 Å². The Hall–Kier alpha value is -0.120. The summed E-state index contributed by atoms with van der Waals surface area (Å²) in [5.41, 5.74) is 0. The largest absolute Gasteiger partial charge is 0.380 e. The van der Waals surface area contributed by atoms with Crippen molar-refractivity contribution in [2.45, 2.75) is 19.9 Å². The fraction of sp³-hybridized carbons (Fsp3) is 1.00. The lowest BCUT2D eigenvalue weighted by Crippen LogP contribution is -2.50. The molecule has 3 nitrogen and oxygen atoms in total. The number of hydrogen-bond acceptors (Lipinski definition) is 3. The van der Waals surface area contributed by atoms with E-state index in [9.17, 15) is 0 Å². The molecule has 0 aromatic rings. The van der Waals surface area contributed by atoms with E-state index < -0.39 is 0 Å². The minimum absolute atomic E-state index is 0.666. The van der Waals surface area contributed by atoms with Gasteiger partial charge >= 0.3 is 0 Å². The average Bonchev–Trinajstić information content (AvgIpc) is 2.09. The third-order valence-electron chi connectivity index (χ3n) is 2.37. The number of piperazine rings is 1. The maximum Gasteiger partial charge on any atom is 0.0593 e. The van der Waals surface area contributed by atoms with Crippen LogP contribution in [0.25, 0.3) is 0 Å². The van der Waals surface area contributed by atoms with Gasteiger partial charge in [-0.1, -0.05) is 0 Å². The summed E-state index contributed by atoms with van der Waals surface area (Å²) in [7, 11) is 0. The highest BCUT2D eigenvalue weighted by molar-refractivity contribution is 4.75. The van der Waals surface area contributed by atoms with E-state index in [0.29, 0.717) is 6.04 Å². The van der Waals surface area contributed by atoms with Crippen molar-refractivity contribution in [1.82, 2.24) is 10.2 Å². The molecule has 1 atom stereocenters. The quantitative estimate of drug-likeness (QED) is 0.618. The lowest BCUT2D eigenvalue weighted by molar-refractivity contribution is 0.0879. The zero-order valence-corrected chi connectivity index (χ0v) is 8.18. The molecule has 0 spiro atoms. The van der Waals surface area contributed by atoms with E-state index in [2.05, 4.69) is 17.1 Å². The third-order valence-corrected chi connectivity index (χ3v) is 2.37. The van der Waals surface area contributed by atoms with Crippen molar-refractivity contribution in [3.63, 3.8) is 0 Å². The molecule has 0 saturated carbocycles. The highest BCUT2D eigenvalue weighted by Crippen LogP contribution is 2.00. The molecule has 1 saturated heterocycles. The first-order valence-corrected chi connectivity index (χ1v) is 4.87. The Balaban J connectivity index is 2.11. The Morgan fingerprint density at radius 1 is 1.58 bits per heavy atom. The van der Waals surface area contributed by atoms with Gasteiger partial charge in [0.25, 0.3) is 0 Å². The first-order chi connectivity index (χ1) is 5.84. The molecule has 1 heterocycles. The van der Waals surface area contributed by atoms with E-state index in [-0.39, 0.29) is 0 Å². The molecule has 1 aliphatic rings. The molecule has 0 aromatic heterocycles. The lowest BCUT2D eigenvalue weighted by atomic mass is 10.2. The van der Waals surface area contributed by atoms with Gasteiger partial charge in [0.1, 0.15) is 0 Å². The monoisotopic (exact) mass is 172 g/mol. The molecule has 1 fully saturated rings. The first kappa shape index (κ1) is 9.96. The van der Waals surface area contributed by atoms with Crippen LogP contribution >= 0.6 is 0 Å². The molecule has 1 N–H and O–H groups in total. The van der Waals surface area contributed by atoms with Gasteiger partial charge in [0.2, 0.25) is 0 Å². The molecule has 3 heteroatoms. The second kappa shape index (κ2) is 5.51. The van der Waals surface area contributed by atoms with Crippen LogP contribution in [0.15, 0.2) is 0 Å². The van der Waals surface area contributed by atoms with Gasteiger partial charge in [0.15, 0.2) is 0 Å². The molecule has 1 unspecified atom stereocenters. The molecule has 12 heavy (non-hydrogen) atoms. The summed E-state index contributed by atoms with van der Waals surface area (Å²) in [6.45, 7) is 10.5. The molecule has 0 aliphatic carbocycles. The minimum atomic E-state index is 0.666. The second-order valence-electron chi connectivity index (χ2n) is 3.29. The van der Waals surface area contributed by atoms with Gasteiger partial charge < -0.3 is 10.1 Å². The van der Waals surface area contributed by atoms with E-state index in [4.69, 9.17) is 4.74 Å². The van der Waals surface area contributed by atoms with Gasteiger partial charge in [-0.25, -0.2) is 0 Å². The molecule has 0 radical (unpaired) electrons. The van der Waals surface area contributed by atoms with Crippen molar-refractivity contribution >= 4 is 0 Å². The summed E-state index contributed by atoms with van der Waals surface area (Å²) in [5, 5.41) is 3.37. The molecule has 0 amide bonds. The lowest BCUT2D eigenvalue weighted by Gasteiger charge is -2.33. The van der Waals surface area contributed by atoms with E-state index in [1.165, 1.54) is 0 Å². The molecule has 72 valence electrons. The topological polar surface area (TPSA) is 24.5 Å². The second-order valence-corrected chi connectivity index (χ2v) is 3.29. The number of nitrogens with one attached hydrogen (secondary N) is 1. The fourth-order valence-corrected chi connectivity index (χ4v) is 1.54. The molecule has 0 bridgehead atoms. The Kier molecular flexibility index (Phi) is 4.58. The standard InChI is InChI=1S/C9H20N2O/c1-3-12-7-6-11-5-4-10-8-9(11)2/h9-10H,3-8H2,1-2H3. The summed E-state index contributed by atoms with van der Waals surface area (Å²) < 4.78 is 5.32. The van der Waals surface area contributed by atoms with Crippen molar-refractivity contribution < 1.29 is 4.74 Å². The molecule has 1 rings (SSSR count). The summed E-state index contributed by atoms with van der Waals surface area (Å²) in [6.07, 6.45) is 0. The zero-order chi connectivity index (χ0) is 8.81. The summed E-state index contributed by atoms with van der Waals surface area (Å²) in [4.78, 5) is 2.48. The molecular weight excluding hydrogens is 152 g/mol. The SMILES string of the molecule is CCOCCN1CCNCC1C. The maximum absolute atomic E-state index is 5.32. The Morgan fingerprint density at radius 2 is 2.42 bits per heavy atom. The van der Waals surface area contributed by atoms with Crippen molar-refractivity contribution in [3.05, 3.63) is 0 Å². The van der Waals surface area contributed by atoms with Crippen molar-refractivity contribution in [2.24, 2.45) is 0 Å². The van der Waals surface area contributed by atoms with Crippen LogP contribution < -0.4 is 5.32 Å². The smallest absolute Gasteiger partial charge is 0.0593 e. The Labute approximate surface area is 75.1 Å². The fourth-order valence-electron chi connectivity index (χ4n) is 1.54. The van der Waals surface area contributed by atoms with Crippen molar-refractivity contribution in [3.8, 4) is 0 Å². The summed E-state index contributed by atoms with van der Waals surface area (Å²) in [5.74, 6) is 0. The van der Waals surface area contributed by atoms with E-state index in [1.807, 2.05) is 6.92 Å².